The number of fused-ring (bicyclic) bond motifs is 1. The topological polar surface area (TPSA) is 46.9 Å². The SMILES string of the molecule is Cc1ccc(-n2nc(C)c3c2NC(=O)CS[C@@H]3c2cccc(Br)c2)cc1. The summed E-state index contributed by atoms with van der Waals surface area (Å²) in [5, 5.41) is 7.87. The third-order valence-electron chi connectivity index (χ3n) is 4.44. The van der Waals surface area contributed by atoms with Crippen molar-refractivity contribution in [2.75, 3.05) is 11.1 Å². The minimum Gasteiger partial charge on any atom is -0.310 e. The molecule has 4 rings (SSSR count). The van der Waals surface area contributed by atoms with Gasteiger partial charge in [0.05, 0.1) is 22.4 Å². The van der Waals surface area contributed by atoms with Crippen LogP contribution in [0.2, 0.25) is 0 Å². The first-order valence-electron chi connectivity index (χ1n) is 8.36. The third-order valence-corrected chi connectivity index (χ3v) is 6.20. The van der Waals surface area contributed by atoms with E-state index in [0.29, 0.717) is 5.75 Å². The van der Waals surface area contributed by atoms with E-state index in [1.807, 2.05) is 35.9 Å². The number of anilines is 1. The fraction of sp³-hybridized carbons (Fsp3) is 0.200. The van der Waals surface area contributed by atoms with Crippen molar-refractivity contribution >= 4 is 39.4 Å². The number of nitrogens with zero attached hydrogens (tertiary/aromatic N) is 2. The molecule has 0 aliphatic carbocycles. The van der Waals surface area contributed by atoms with Gasteiger partial charge in [0.25, 0.3) is 0 Å². The maximum Gasteiger partial charge on any atom is 0.235 e. The number of amides is 1. The summed E-state index contributed by atoms with van der Waals surface area (Å²) < 4.78 is 2.88. The third kappa shape index (κ3) is 3.19. The van der Waals surface area contributed by atoms with Crippen molar-refractivity contribution in [3.05, 3.63) is 75.4 Å². The normalized spacial score (nSPS) is 16.7. The first-order chi connectivity index (χ1) is 12.5. The Hall–Kier alpha value is -2.05. The Bertz CT molecular complexity index is 981. The molecule has 1 atom stereocenters. The molecule has 4 nitrogen and oxygen atoms in total. The number of hydrogen-bond acceptors (Lipinski definition) is 3. The zero-order valence-corrected chi connectivity index (χ0v) is 16.9. The van der Waals surface area contributed by atoms with Gasteiger partial charge in [0, 0.05) is 10.0 Å². The van der Waals surface area contributed by atoms with Gasteiger partial charge in [-0.1, -0.05) is 45.8 Å². The molecule has 0 radical (unpaired) electrons. The van der Waals surface area contributed by atoms with Crippen LogP contribution in [-0.2, 0) is 4.79 Å². The summed E-state index contributed by atoms with van der Waals surface area (Å²) in [4.78, 5) is 12.4. The molecule has 0 unspecified atom stereocenters. The number of thioether (sulfide) groups is 1. The van der Waals surface area contributed by atoms with Gasteiger partial charge >= 0.3 is 0 Å². The molecule has 1 amide bonds. The Kier molecular flexibility index (Phi) is 4.63. The second kappa shape index (κ2) is 6.93. The van der Waals surface area contributed by atoms with Crippen LogP contribution >= 0.6 is 27.7 Å². The highest BCUT2D eigenvalue weighted by Gasteiger charge is 2.30. The van der Waals surface area contributed by atoms with E-state index in [0.717, 1.165) is 32.8 Å². The zero-order chi connectivity index (χ0) is 18.3. The first kappa shape index (κ1) is 17.4. The Morgan fingerprint density at radius 2 is 1.96 bits per heavy atom. The summed E-state index contributed by atoms with van der Waals surface area (Å²) in [7, 11) is 0. The van der Waals surface area contributed by atoms with Gasteiger partial charge in [-0.25, -0.2) is 4.68 Å². The van der Waals surface area contributed by atoms with E-state index in [1.165, 1.54) is 5.56 Å². The molecule has 132 valence electrons. The number of benzene rings is 2. The number of aryl methyl sites for hydroxylation is 2. The average Bonchev–Trinajstić information content (AvgIpc) is 2.82. The summed E-state index contributed by atoms with van der Waals surface area (Å²) in [6, 6.07) is 16.4. The summed E-state index contributed by atoms with van der Waals surface area (Å²) in [6.45, 7) is 4.06. The molecule has 6 heteroatoms. The highest BCUT2D eigenvalue weighted by Crippen LogP contribution is 2.44. The standard InChI is InChI=1S/C20H18BrN3OS/c1-12-6-8-16(9-7-12)24-20-18(13(2)23-24)19(26-11-17(25)22-20)14-4-3-5-15(21)10-14/h3-10,19H,11H2,1-2H3,(H,22,25)/t19-/m1/s1. The van der Waals surface area contributed by atoms with Crippen LogP contribution in [0.25, 0.3) is 5.69 Å². The Morgan fingerprint density at radius 3 is 2.69 bits per heavy atom. The summed E-state index contributed by atoms with van der Waals surface area (Å²) in [5.74, 6) is 1.19. The number of nitrogens with one attached hydrogen (secondary N) is 1. The molecule has 2 heterocycles. The van der Waals surface area contributed by atoms with Crippen molar-refractivity contribution in [3.63, 3.8) is 0 Å². The van der Waals surface area contributed by atoms with Crippen molar-refractivity contribution in [2.24, 2.45) is 0 Å². The van der Waals surface area contributed by atoms with Gasteiger partial charge in [0.1, 0.15) is 5.82 Å². The van der Waals surface area contributed by atoms with E-state index in [4.69, 9.17) is 5.10 Å². The second-order valence-corrected chi connectivity index (χ2v) is 8.40. The van der Waals surface area contributed by atoms with Gasteiger partial charge in [0.15, 0.2) is 0 Å². The molecule has 0 saturated carbocycles. The van der Waals surface area contributed by atoms with Crippen molar-refractivity contribution in [3.8, 4) is 5.69 Å². The van der Waals surface area contributed by atoms with Crippen molar-refractivity contribution in [2.45, 2.75) is 19.1 Å². The van der Waals surface area contributed by atoms with E-state index < -0.39 is 0 Å². The average molecular weight is 428 g/mol. The number of carbonyl (C=O) groups excluding carboxylic acids is 1. The van der Waals surface area contributed by atoms with E-state index in [2.05, 4.69) is 52.4 Å². The highest BCUT2D eigenvalue weighted by atomic mass is 79.9. The van der Waals surface area contributed by atoms with Crippen molar-refractivity contribution < 1.29 is 4.79 Å². The Labute approximate surface area is 165 Å². The van der Waals surface area contributed by atoms with Gasteiger partial charge < -0.3 is 5.32 Å². The van der Waals surface area contributed by atoms with Crippen LogP contribution in [0.5, 0.6) is 0 Å². The van der Waals surface area contributed by atoms with Gasteiger partial charge in [-0.3, -0.25) is 4.79 Å². The maximum absolute atomic E-state index is 12.4. The van der Waals surface area contributed by atoms with Crippen LogP contribution in [0.15, 0.2) is 53.0 Å². The Morgan fingerprint density at radius 1 is 1.19 bits per heavy atom. The molecule has 3 aromatic rings. The van der Waals surface area contributed by atoms with E-state index in [-0.39, 0.29) is 11.2 Å². The summed E-state index contributed by atoms with van der Waals surface area (Å²) >= 11 is 5.19. The number of hydrogen-bond donors (Lipinski definition) is 1. The molecule has 0 bridgehead atoms. The van der Waals surface area contributed by atoms with Crippen LogP contribution < -0.4 is 5.32 Å². The predicted octanol–water partition coefficient (Wildman–Crippen LogP) is 5.03. The fourth-order valence-electron chi connectivity index (χ4n) is 3.19. The van der Waals surface area contributed by atoms with Gasteiger partial charge in [-0.2, -0.15) is 5.10 Å². The minimum absolute atomic E-state index is 0.00186. The molecular weight excluding hydrogens is 410 g/mol. The smallest absolute Gasteiger partial charge is 0.235 e. The quantitative estimate of drug-likeness (QED) is 0.623. The maximum atomic E-state index is 12.4. The number of rotatable bonds is 2. The summed E-state index contributed by atoms with van der Waals surface area (Å²) in [6.07, 6.45) is 0. The fourth-order valence-corrected chi connectivity index (χ4v) is 4.78. The lowest BCUT2D eigenvalue weighted by Gasteiger charge is -2.15. The molecule has 1 aliphatic heterocycles. The molecule has 0 spiro atoms. The zero-order valence-electron chi connectivity index (χ0n) is 14.5. The lowest BCUT2D eigenvalue weighted by Crippen LogP contribution is -2.15. The lowest BCUT2D eigenvalue weighted by molar-refractivity contribution is -0.113. The molecule has 2 aromatic carbocycles. The molecular formula is C20H18BrN3OS. The number of carbonyl (C=O) groups is 1. The minimum atomic E-state index is 0.00186. The van der Waals surface area contributed by atoms with E-state index >= 15 is 0 Å². The molecule has 0 fully saturated rings. The van der Waals surface area contributed by atoms with Gasteiger partial charge in [0.2, 0.25) is 5.91 Å². The van der Waals surface area contributed by atoms with Crippen LogP contribution in [0.1, 0.15) is 27.6 Å². The summed E-state index contributed by atoms with van der Waals surface area (Å²) in [5.41, 5.74) is 5.30. The van der Waals surface area contributed by atoms with Crippen molar-refractivity contribution in [1.82, 2.24) is 9.78 Å². The van der Waals surface area contributed by atoms with Gasteiger partial charge in [-0.05, 0) is 43.7 Å². The van der Waals surface area contributed by atoms with Gasteiger partial charge in [-0.15, -0.1) is 11.8 Å². The molecule has 26 heavy (non-hydrogen) atoms. The molecule has 1 aliphatic rings. The van der Waals surface area contributed by atoms with Crippen LogP contribution in [0.3, 0.4) is 0 Å². The van der Waals surface area contributed by atoms with Crippen LogP contribution in [0, 0.1) is 13.8 Å². The largest absolute Gasteiger partial charge is 0.310 e. The van der Waals surface area contributed by atoms with E-state index in [9.17, 15) is 4.79 Å². The highest BCUT2D eigenvalue weighted by molar-refractivity contribution is 9.10. The van der Waals surface area contributed by atoms with Crippen LogP contribution in [-0.4, -0.2) is 21.4 Å². The predicted molar refractivity (Wildman–Crippen MR) is 110 cm³/mol. The molecule has 1 N–H and O–H groups in total. The molecule has 0 saturated heterocycles. The van der Waals surface area contributed by atoms with Crippen molar-refractivity contribution in [1.29, 1.82) is 0 Å². The van der Waals surface area contributed by atoms with Crippen LogP contribution in [0.4, 0.5) is 5.82 Å². The second-order valence-electron chi connectivity index (χ2n) is 6.39. The number of aromatic nitrogens is 2. The van der Waals surface area contributed by atoms with E-state index in [1.54, 1.807) is 11.8 Å². The first-order valence-corrected chi connectivity index (χ1v) is 10.2. The monoisotopic (exact) mass is 427 g/mol. The number of halogens is 1. The molecule has 1 aromatic heterocycles. The lowest BCUT2D eigenvalue weighted by atomic mass is 10.0. The Balaban J connectivity index is 1.89.